The molecule has 7 nitrogen and oxygen atoms in total. The summed E-state index contributed by atoms with van der Waals surface area (Å²) in [6.07, 6.45) is 2.17. The molecule has 1 rings (SSSR count). The van der Waals surface area contributed by atoms with E-state index in [1.54, 1.807) is 0 Å². The van der Waals surface area contributed by atoms with Crippen molar-refractivity contribution in [2.45, 2.75) is 25.4 Å². The minimum absolute atomic E-state index is 0.0797. The molecule has 0 aromatic rings. The van der Waals surface area contributed by atoms with E-state index in [1.165, 1.54) is 11.4 Å². The van der Waals surface area contributed by atoms with E-state index in [4.69, 9.17) is 10.5 Å². The third kappa shape index (κ3) is 5.43. The van der Waals surface area contributed by atoms with Crippen molar-refractivity contribution in [3.05, 3.63) is 0 Å². The molecule has 2 N–H and O–H groups in total. The van der Waals surface area contributed by atoms with Gasteiger partial charge in [-0.2, -0.15) is 0 Å². The maximum absolute atomic E-state index is 11.9. The Bertz CT molecular complexity index is 377. The Kier molecular flexibility index (Phi) is 6.70. The SMILES string of the molecule is COC(=O)CS(=O)(=O)N1CCC(OCCCN)CC1. The van der Waals surface area contributed by atoms with Crippen molar-refractivity contribution in [3.8, 4) is 0 Å². The van der Waals surface area contributed by atoms with Crippen molar-refractivity contribution >= 4 is 16.0 Å². The molecule has 0 aromatic heterocycles. The number of hydrogen-bond acceptors (Lipinski definition) is 6. The number of nitrogens with two attached hydrogens (primary N) is 1. The molecule has 0 spiro atoms. The molecule has 0 aromatic carbocycles. The molecule has 1 aliphatic rings. The normalized spacial score (nSPS) is 18.4. The lowest BCUT2D eigenvalue weighted by molar-refractivity contribution is -0.137. The number of esters is 1. The van der Waals surface area contributed by atoms with Gasteiger partial charge in [0.05, 0.1) is 13.2 Å². The van der Waals surface area contributed by atoms with Crippen LogP contribution in [0.5, 0.6) is 0 Å². The highest BCUT2D eigenvalue weighted by atomic mass is 32.2. The van der Waals surface area contributed by atoms with Gasteiger partial charge in [-0.1, -0.05) is 0 Å². The predicted octanol–water partition coefficient (Wildman–Crippen LogP) is -0.681. The predicted molar refractivity (Wildman–Crippen MR) is 70.0 cm³/mol. The van der Waals surface area contributed by atoms with E-state index in [0.29, 0.717) is 39.1 Å². The molecular weight excluding hydrogens is 272 g/mol. The molecule has 8 heteroatoms. The zero-order valence-electron chi connectivity index (χ0n) is 11.2. The van der Waals surface area contributed by atoms with Crippen LogP contribution in [0.25, 0.3) is 0 Å². The Hall–Kier alpha value is -0.700. The maximum atomic E-state index is 11.9. The van der Waals surface area contributed by atoms with E-state index in [0.717, 1.165) is 6.42 Å². The topological polar surface area (TPSA) is 98.9 Å². The summed E-state index contributed by atoms with van der Waals surface area (Å²) in [4.78, 5) is 11.0. The van der Waals surface area contributed by atoms with Crippen molar-refractivity contribution < 1.29 is 22.7 Å². The zero-order valence-corrected chi connectivity index (χ0v) is 12.0. The van der Waals surface area contributed by atoms with Crippen LogP contribution >= 0.6 is 0 Å². The van der Waals surface area contributed by atoms with Crippen LogP contribution in [0.15, 0.2) is 0 Å². The first-order chi connectivity index (χ1) is 8.99. The molecule has 0 saturated carbocycles. The molecule has 112 valence electrons. The summed E-state index contributed by atoms with van der Waals surface area (Å²) in [6, 6.07) is 0. The van der Waals surface area contributed by atoms with E-state index in [9.17, 15) is 13.2 Å². The molecule has 0 unspecified atom stereocenters. The number of carbonyl (C=O) groups excluding carboxylic acids is 1. The number of methoxy groups -OCH3 is 1. The number of ether oxygens (including phenoxy) is 2. The van der Waals surface area contributed by atoms with Gasteiger partial charge < -0.3 is 15.2 Å². The fourth-order valence-corrected chi connectivity index (χ4v) is 3.27. The Morgan fingerprint density at radius 2 is 2.00 bits per heavy atom. The molecule has 1 aliphatic heterocycles. The van der Waals surface area contributed by atoms with Crippen molar-refractivity contribution in [2.24, 2.45) is 5.73 Å². The zero-order chi connectivity index (χ0) is 14.3. The number of hydrogen-bond donors (Lipinski definition) is 1. The van der Waals surface area contributed by atoms with Crippen molar-refractivity contribution in [2.75, 3.05) is 39.1 Å². The number of carbonyl (C=O) groups is 1. The summed E-state index contributed by atoms with van der Waals surface area (Å²) in [6.45, 7) is 1.96. The van der Waals surface area contributed by atoms with Gasteiger partial charge in [0.2, 0.25) is 10.0 Å². The third-order valence-corrected chi connectivity index (χ3v) is 4.78. The first kappa shape index (κ1) is 16.4. The van der Waals surface area contributed by atoms with E-state index in [2.05, 4.69) is 4.74 Å². The van der Waals surface area contributed by atoms with Crippen LogP contribution in [0, 0.1) is 0 Å². The molecule has 0 radical (unpaired) electrons. The summed E-state index contributed by atoms with van der Waals surface area (Å²) < 4.78 is 35.1. The van der Waals surface area contributed by atoms with Crippen LogP contribution in [0.2, 0.25) is 0 Å². The molecule has 19 heavy (non-hydrogen) atoms. The van der Waals surface area contributed by atoms with Crippen LogP contribution in [-0.2, 0) is 24.3 Å². The Labute approximate surface area is 114 Å². The fraction of sp³-hybridized carbons (Fsp3) is 0.909. The summed E-state index contributed by atoms with van der Waals surface area (Å²) in [5.74, 6) is -1.33. The van der Waals surface area contributed by atoms with Crippen LogP contribution in [0.4, 0.5) is 0 Å². The van der Waals surface area contributed by atoms with Gasteiger partial charge in [-0.05, 0) is 25.8 Å². The first-order valence-electron chi connectivity index (χ1n) is 6.36. The second-order valence-electron chi connectivity index (χ2n) is 4.44. The minimum Gasteiger partial charge on any atom is -0.468 e. The van der Waals surface area contributed by atoms with Gasteiger partial charge in [0.1, 0.15) is 0 Å². The van der Waals surface area contributed by atoms with Crippen molar-refractivity contribution in [1.82, 2.24) is 4.31 Å². The van der Waals surface area contributed by atoms with Crippen LogP contribution in [-0.4, -0.2) is 63.9 Å². The van der Waals surface area contributed by atoms with Gasteiger partial charge in [0.25, 0.3) is 0 Å². The second-order valence-corrected chi connectivity index (χ2v) is 6.41. The van der Waals surface area contributed by atoms with Gasteiger partial charge in [0.15, 0.2) is 5.75 Å². The molecule has 0 aliphatic carbocycles. The Balaban J connectivity index is 2.38. The largest absolute Gasteiger partial charge is 0.468 e. The highest BCUT2D eigenvalue weighted by Gasteiger charge is 2.30. The van der Waals surface area contributed by atoms with Gasteiger partial charge in [0, 0.05) is 19.7 Å². The molecule has 1 fully saturated rings. The lowest BCUT2D eigenvalue weighted by Crippen LogP contribution is -2.43. The Morgan fingerprint density at radius 1 is 1.37 bits per heavy atom. The van der Waals surface area contributed by atoms with E-state index in [1.807, 2.05) is 0 Å². The molecule has 1 saturated heterocycles. The smallest absolute Gasteiger partial charge is 0.322 e. The highest BCUT2D eigenvalue weighted by Crippen LogP contribution is 2.17. The standard InChI is InChI=1S/C11H22N2O5S/c1-17-11(14)9-19(15,16)13-6-3-10(4-7-13)18-8-2-5-12/h10H,2-9,12H2,1H3. The van der Waals surface area contributed by atoms with E-state index in [-0.39, 0.29) is 6.10 Å². The van der Waals surface area contributed by atoms with Crippen LogP contribution in [0.1, 0.15) is 19.3 Å². The van der Waals surface area contributed by atoms with Crippen molar-refractivity contribution in [1.29, 1.82) is 0 Å². The van der Waals surface area contributed by atoms with Gasteiger partial charge in [-0.25, -0.2) is 12.7 Å². The second kappa shape index (κ2) is 7.78. The van der Waals surface area contributed by atoms with Gasteiger partial charge in [-0.3, -0.25) is 4.79 Å². The van der Waals surface area contributed by atoms with E-state index >= 15 is 0 Å². The number of piperidine rings is 1. The molecular formula is C11H22N2O5S. The van der Waals surface area contributed by atoms with E-state index < -0.39 is 21.7 Å². The molecule has 0 atom stereocenters. The molecule has 1 heterocycles. The fourth-order valence-electron chi connectivity index (χ4n) is 1.91. The summed E-state index contributed by atoms with van der Waals surface area (Å²) in [5.41, 5.74) is 5.37. The van der Waals surface area contributed by atoms with Crippen molar-refractivity contribution in [3.63, 3.8) is 0 Å². The summed E-state index contributed by atoms with van der Waals surface area (Å²) in [7, 11) is -2.38. The Morgan fingerprint density at radius 3 is 2.53 bits per heavy atom. The maximum Gasteiger partial charge on any atom is 0.322 e. The molecule has 0 amide bonds. The lowest BCUT2D eigenvalue weighted by Gasteiger charge is -2.30. The lowest BCUT2D eigenvalue weighted by atomic mass is 10.1. The third-order valence-electron chi connectivity index (χ3n) is 3.02. The van der Waals surface area contributed by atoms with Crippen LogP contribution < -0.4 is 5.73 Å². The average Bonchev–Trinajstić information content (AvgIpc) is 2.39. The number of sulfonamides is 1. The first-order valence-corrected chi connectivity index (χ1v) is 7.97. The highest BCUT2D eigenvalue weighted by molar-refractivity contribution is 7.89. The van der Waals surface area contributed by atoms with Crippen LogP contribution in [0.3, 0.4) is 0 Å². The van der Waals surface area contributed by atoms with Gasteiger partial charge in [-0.15, -0.1) is 0 Å². The number of nitrogens with zero attached hydrogens (tertiary/aromatic N) is 1. The summed E-state index contributed by atoms with van der Waals surface area (Å²) >= 11 is 0. The average molecular weight is 294 g/mol. The summed E-state index contributed by atoms with van der Waals surface area (Å²) in [5, 5.41) is 0. The minimum atomic E-state index is -3.56. The number of rotatable bonds is 7. The van der Waals surface area contributed by atoms with Gasteiger partial charge >= 0.3 is 5.97 Å². The molecule has 0 bridgehead atoms. The monoisotopic (exact) mass is 294 g/mol. The quantitative estimate of drug-likeness (QED) is 0.493.